The Morgan fingerprint density at radius 1 is 1.15 bits per heavy atom. The summed E-state index contributed by atoms with van der Waals surface area (Å²) >= 11 is 1.16. The number of pyridine rings is 1. The van der Waals surface area contributed by atoms with Gasteiger partial charge in [0.25, 0.3) is 0 Å². The van der Waals surface area contributed by atoms with Crippen molar-refractivity contribution in [2.75, 3.05) is 5.08 Å². The third kappa shape index (κ3) is 3.79. The number of hydrogen-bond acceptors (Lipinski definition) is 5. The van der Waals surface area contributed by atoms with Crippen LogP contribution in [0.4, 0.5) is 0 Å². The lowest BCUT2D eigenvalue weighted by atomic mass is 9.87. The molecule has 1 aromatic carbocycles. The molecule has 0 saturated heterocycles. The molecular weight excluding hydrogens is 364 g/mol. The number of hydrogen-bond donors (Lipinski definition) is 0. The summed E-state index contributed by atoms with van der Waals surface area (Å²) in [6.07, 6.45) is 4.84. The van der Waals surface area contributed by atoms with E-state index in [0.717, 1.165) is 60.7 Å². The van der Waals surface area contributed by atoms with E-state index < -0.39 is 9.84 Å². The van der Waals surface area contributed by atoms with Crippen LogP contribution in [0.2, 0.25) is 0 Å². The van der Waals surface area contributed by atoms with Gasteiger partial charge in [-0.05, 0) is 62.3 Å². The zero-order valence-corrected chi connectivity index (χ0v) is 16.7. The normalized spacial score (nSPS) is 13.9. The van der Waals surface area contributed by atoms with E-state index in [1.165, 1.54) is 5.56 Å². The molecule has 0 atom stereocenters. The first-order chi connectivity index (χ1) is 12.5. The fourth-order valence-corrected chi connectivity index (χ4v) is 5.98. The van der Waals surface area contributed by atoms with Gasteiger partial charge >= 0.3 is 0 Å². The van der Waals surface area contributed by atoms with E-state index in [4.69, 9.17) is 0 Å². The molecule has 1 aliphatic carbocycles. The van der Waals surface area contributed by atoms with Gasteiger partial charge in [0.15, 0.2) is 9.84 Å². The molecule has 0 fully saturated rings. The quantitative estimate of drug-likeness (QED) is 0.719. The molecule has 1 heterocycles. The van der Waals surface area contributed by atoms with E-state index in [-0.39, 0.29) is 5.08 Å². The minimum Gasteiger partial charge on any atom is -0.245 e. The third-order valence-electron chi connectivity index (χ3n) is 4.75. The molecule has 0 radical (unpaired) electrons. The summed E-state index contributed by atoms with van der Waals surface area (Å²) in [6, 6.07) is 9.14. The van der Waals surface area contributed by atoms with Crippen LogP contribution >= 0.6 is 11.8 Å². The molecule has 1 aliphatic rings. The molecule has 0 saturated carbocycles. The third-order valence-corrected chi connectivity index (χ3v) is 8.02. The molecular formula is C20H22N2O2S2. The van der Waals surface area contributed by atoms with Gasteiger partial charge in [-0.2, -0.15) is 5.26 Å². The van der Waals surface area contributed by atoms with Gasteiger partial charge in [0.05, 0.1) is 10.5 Å². The fraction of sp³-hybridized carbons (Fsp3) is 0.400. The highest BCUT2D eigenvalue weighted by atomic mass is 32.3. The van der Waals surface area contributed by atoms with E-state index in [1.54, 1.807) is 24.3 Å². The van der Waals surface area contributed by atoms with Gasteiger partial charge in [-0.3, -0.25) is 0 Å². The van der Waals surface area contributed by atoms with Gasteiger partial charge in [-0.15, -0.1) is 0 Å². The number of nitriles is 1. The zero-order valence-electron chi connectivity index (χ0n) is 15.1. The van der Waals surface area contributed by atoms with Crippen LogP contribution in [0.25, 0.3) is 0 Å². The number of aromatic nitrogens is 1. The van der Waals surface area contributed by atoms with Crippen molar-refractivity contribution in [2.45, 2.75) is 55.9 Å². The average molecular weight is 387 g/mol. The Morgan fingerprint density at radius 2 is 1.81 bits per heavy atom. The van der Waals surface area contributed by atoms with Crippen molar-refractivity contribution >= 4 is 21.6 Å². The van der Waals surface area contributed by atoms with Crippen LogP contribution < -0.4 is 0 Å². The molecule has 0 spiro atoms. The van der Waals surface area contributed by atoms with E-state index in [2.05, 4.69) is 18.0 Å². The summed E-state index contributed by atoms with van der Waals surface area (Å²) in [7, 11) is -3.43. The predicted octanol–water partition coefficient (Wildman–Crippen LogP) is 4.23. The maximum absolute atomic E-state index is 12.6. The number of benzene rings is 1. The summed E-state index contributed by atoms with van der Waals surface area (Å²) in [5.41, 5.74) is 4.89. The number of rotatable bonds is 5. The summed E-state index contributed by atoms with van der Waals surface area (Å²) in [6.45, 7) is 3.98. The van der Waals surface area contributed by atoms with Crippen LogP contribution in [0.3, 0.4) is 0 Å². The van der Waals surface area contributed by atoms with E-state index in [1.807, 2.05) is 6.92 Å². The molecule has 0 N–H and O–H groups in total. The van der Waals surface area contributed by atoms with Crippen molar-refractivity contribution in [3.05, 3.63) is 52.2 Å². The van der Waals surface area contributed by atoms with E-state index >= 15 is 0 Å². The summed E-state index contributed by atoms with van der Waals surface area (Å²) < 4.78 is 25.3. The lowest BCUT2D eigenvalue weighted by Crippen LogP contribution is -2.13. The standard InChI is InChI=1S/C20H22N2O2S2/c1-3-19-17-7-5-4-6-16(17)18(12-21)20(22-19)25-13-26(23,24)15-10-8-14(2)9-11-15/h8-11H,3-7,13H2,1-2H3. The van der Waals surface area contributed by atoms with E-state index in [9.17, 15) is 13.7 Å². The van der Waals surface area contributed by atoms with Gasteiger partial charge in [0.2, 0.25) is 0 Å². The molecule has 0 unspecified atom stereocenters. The molecule has 6 heteroatoms. The topological polar surface area (TPSA) is 70.8 Å². The maximum atomic E-state index is 12.6. The second kappa shape index (κ2) is 7.81. The Balaban J connectivity index is 1.92. The number of thioether (sulfide) groups is 1. The van der Waals surface area contributed by atoms with Crippen molar-refractivity contribution in [1.29, 1.82) is 5.26 Å². The van der Waals surface area contributed by atoms with Crippen LogP contribution in [0, 0.1) is 18.3 Å². The number of aryl methyl sites for hydroxylation is 2. The van der Waals surface area contributed by atoms with Crippen molar-refractivity contribution in [3.8, 4) is 6.07 Å². The molecule has 3 rings (SSSR count). The van der Waals surface area contributed by atoms with Crippen LogP contribution in [0.1, 0.15) is 47.7 Å². The lowest BCUT2D eigenvalue weighted by molar-refractivity contribution is 0.600. The predicted molar refractivity (Wildman–Crippen MR) is 104 cm³/mol. The highest BCUT2D eigenvalue weighted by molar-refractivity contribution is 8.12. The minimum absolute atomic E-state index is 0.111. The van der Waals surface area contributed by atoms with Crippen molar-refractivity contribution in [1.82, 2.24) is 4.98 Å². The minimum atomic E-state index is -3.43. The van der Waals surface area contributed by atoms with Crippen molar-refractivity contribution < 1.29 is 8.42 Å². The van der Waals surface area contributed by atoms with Gasteiger partial charge < -0.3 is 0 Å². The largest absolute Gasteiger partial charge is 0.245 e. The molecule has 0 bridgehead atoms. The first-order valence-corrected chi connectivity index (χ1v) is 11.5. The Hall–Kier alpha value is -1.84. The number of sulfone groups is 1. The monoisotopic (exact) mass is 386 g/mol. The van der Waals surface area contributed by atoms with Crippen LogP contribution in [0.5, 0.6) is 0 Å². The molecule has 136 valence electrons. The van der Waals surface area contributed by atoms with Crippen LogP contribution in [0.15, 0.2) is 34.2 Å². The Bertz CT molecular complexity index is 959. The van der Waals surface area contributed by atoms with Gasteiger partial charge in [-0.1, -0.05) is 36.4 Å². The fourth-order valence-electron chi connectivity index (χ4n) is 3.33. The van der Waals surface area contributed by atoms with Gasteiger partial charge in [-0.25, -0.2) is 13.4 Å². The Kier molecular flexibility index (Phi) is 5.69. The molecule has 0 amide bonds. The maximum Gasteiger partial charge on any atom is 0.188 e. The summed E-state index contributed by atoms with van der Waals surface area (Å²) in [5.74, 6) is 0. The molecule has 0 aliphatic heterocycles. The first-order valence-electron chi connectivity index (χ1n) is 8.83. The van der Waals surface area contributed by atoms with Crippen LogP contribution in [-0.4, -0.2) is 18.5 Å². The molecule has 1 aromatic heterocycles. The first kappa shape index (κ1) is 18.9. The summed E-state index contributed by atoms with van der Waals surface area (Å²) in [4.78, 5) is 4.97. The smallest absolute Gasteiger partial charge is 0.188 e. The second-order valence-electron chi connectivity index (χ2n) is 6.56. The average Bonchev–Trinajstić information content (AvgIpc) is 2.65. The lowest BCUT2D eigenvalue weighted by Gasteiger charge is -2.21. The van der Waals surface area contributed by atoms with Gasteiger partial charge in [0, 0.05) is 5.69 Å². The number of nitrogens with zero attached hydrogens (tertiary/aromatic N) is 2. The van der Waals surface area contributed by atoms with E-state index in [0.29, 0.717) is 15.5 Å². The zero-order chi connectivity index (χ0) is 18.7. The van der Waals surface area contributed by atoms with Crippen molar-refractivity contribution in [2.24, 2.45) is 0 Å². The van der Waals surface area contributed by atoms with Gasteiger partial charge in [0.1, 0.15) is 16.2 Å². The SMILES string of the molecule is CCc1nc(SCS(=O)(=O)c2ccc(C)cc2)c(C#N)c2c1CCCC2. The Morgan fingerprint density at radius 3 is 2.42 bits per heavy atom. The highest BCUT2D eigenvalue weighted by Crippen LogP contribution is 2.33. The summed E-state index contributed by atoms with van der Waals surface area (Å²) in [5, 5.41) is 10.1. The molecule has 4 nitrogen and oxygen atoms in total. The van der Waals surface area contributed by atoms with Crippen LogP contribution in [-0.2, 0) is 29.1 Å². The second-order valence-corrected chi connectivity index (χ2v) is 9.88. The highest BCUT2D eigenvalue weighted by Gasteiger charge is 2.23. The number of fused-ring (bicyclic) bond motifs is 1. The van der Waals surface area contributed by atoms with Crippen molar-refractivity contribution in [3.63, 3.8) is 0 Å². The Labute approximate surface area is 159 Å². The molecule has 2 aromatic rings. The molecule has 26 heavy (non-hydrogen) atoms.